The Balaban J connectivity index is 1.33. The maximum Gasteiger partial charge on any atom is 0.328 e. The molecule has 4 amide bonds. The number of nitrogens with zero attached hydrogens (tertiary/aromatic N) is 1. The van der Waals surface area contributed by atoms with Crippen molar-refractivity contribution in [3.63, 3.8) is 0 Å². The van der Waals surface area contributed by atoms with Gasteiger partial charge in [-0.3, -0.25) is 20.2 Å². The van der Waals surface area contributed by atoms with Gasteiger partial charge in [0.15, 0.2) is 0 Å². The van der Waals surface area contributed by atoms with Crippen LogP contribution in [0.2, 0.25) is 0 Å². The minimum atomic E-state index is -1.78. The molecule has 34 heavy (non-hydrogen) atoms. The van der Waals surface area contributed by atoms with Crippen LogP contribution < -0.4 is 20.1 Å². The van der Waals surface area contributed by atoms with Crippen molar-refractivity contribution < 1.29 is 23.9 Å². The maximum atomic E-state index is 12.9. The highest BCUT2D eigenvalue weighted by Gasteiger charge is 2.58. The van der Waals surface area contributed by atoms with E-state index in [4.69, 9.17) is 9.47 Å². The highest BCUT2D eigenvalue weighted by atomic mass is 32.1. The molecule has 2 fully saturated rings. The van der Waals surface area contributed by atoms with Gasteiger partial charge >= 0.3 is 6.03 Å². The first-order valence-electron chi connectivity index (χ1n) is 11.2. The number of hydrogen-bond donors (Lipinski definition) is 2. The number of nitrogens with one attached hydrogen (secondary N) is 2. The van der Waals surface area contributed by atoms with Crippen molar-refractivity contribution in [2.24, 2.45) is 5.92 Å². The standard InChI is InChI=1S/C25H23N3O5S/c29-22-25(17-4-2-1-3-5-17,23(30)28-24(31)27-22)33-20-12-10-19(11-13-20)32-18-8-6-16(7-9-18)21-26-14-15-34-21/h6-15,17H,1-5H2,(H2,27,28,29,30,31). The van der Waals surface area contributed by atoms with Crippen LogP contribution in [0.15, 0.2) is 60.1 Å². The second-order valence-electron chi connectivity index (χ2n) is 8.35. The fraction of sp³-hybridized carbons (Fsp3) is 0.280. The van der Waals surface area contributed by atoms with Crippen LogP contribution in [0.5, 0.6) is 17.2 Å². The molecule has 2 heterocycles. The molecule has 8 nitrogen and oxygen atoms in total. The molecule has 3 aromatic rings. The van der Waals surface area contributed by atoms with Gasteiger partial charge in [0.1, 0.15) is 22.3 Å². The lowest BCUT2D eigenvalue weighted by molar-refractivity contribution is -0.158. The van der Waals surface area contributed by atoms with Crippen LogP contribution in [0.25, 0.3) is 10.6 Å². The Morgan fingerprint density at radius 2 is 1.41 bits per heavy atom. The van der Waals surface area contributed by atoms with E-state index in [1.807, 2.05) is 29.6 Å². The smallest absolute Gasteiger partial charge is 0.328 e. The molecule has 2 aliphatic rings. The average Bonchev–Trinajstić information content (AvgIpc) is 3.39. The van der Waals surface area contributed by atoms with Crippen molar-refractivity contribution in [1.82, 2.24) is 15.6 Å². The molecule has 0 atom stereocenters. The molecule has 1 aromatic heterocycles. The molecule has 0 radical (unpaired) electrons. The molecule has 0 spiro atoms. The van der Waals surface area contributed by atoms with Gasteiger partial charge in [-0.25, -0.2) is 9.78 Å². The van der Waals surface area contributed by atoms with E-state index in [9.17, 15) is 14.4 Å². The third-order valence-electron chi connectivity index (χ3n) is 6.18. The van der Waals surface area contributed by atoms with Crippen molar-refractivity contribution in [3.8, 4) is 27.8 Å². The van der Waals surface area contributed by atoms with Gasteiger partial charge in [0.25, 0.3) is 17.4 Å². The Labute approximate surface area is 200 Å². The number of amides is 4. The predicted molar refractivity (Wildman–Crippen MR) is 126 cm³/mol. The molecular weight excluding hydrogens is 454 g/mol. The van der Waals surface area contributed by atoms with Gasteiger partial charge < -0.3 is 9.47 Å². The number of thiazole rings is 1. The number of benzene rings is 2. The monoisotopic (exact) mass is 477 g/mol. The Hall–Kier alpha value is -3.72. The van der Waals surface area contributed by atoms with E-state index < -0.39 is 23.4 Å². The van der Waals surface area contributed by atoms with E-state index in [1.165, 1.54) is 0 Å². The lowest BCUT2D eigenvalue weighted by Crippen LogP contribution is -2.72. The second-order valence-corrected chi connectivity index (χ2v) is 9.24. The number of carbonyl (C=O) groups is 3. The van der Waals surface area contributed by atoms with Crippen molar-refractivity contribution in [3.05, 3.63) is 60.1 Å². The first kappa shape index (κ1) is 22.1. The number of ether oxygens (including phenoxy) is 2. The number of barbiturate groups is 1. The zero-order chi connectivity index (χ0) is 23.5. The fourth-order valence-corrected chi connectivity index (χ4v) is 5.16. The summed E-state index contributed by atoms with van der Waals surface area (Å²) in [4.78, 5) is 41.8. The number of imide groups is 2. The summed E-state index contributed by atoms with van der Waals surface area (Å²) in [5.41, 5.74) is -0.760. The van der Waals surface area contributed by atoms with Crippen LogP contribution in [0.3, 0.4) is 0 Å². The molecular formula is C25H23N3O5S. The van der Waals surface area contributed by atoms with Crippen molar-refractivity contribution in [2.45, 2.75) is 37.7 Å². The third kappa shape index (κ3) is 4.26. The van der Waals surface area contributed by atoms with Crippen molar-refractivity contribution in [1.29, 1.82) is 0 Å². The average molecular weight is 478 g/mol. The van der Waals surface area contributed by atoms with Gasteiger partial charge in [-0.2, -0.15) is 0 Å². The number of aromatic nitrogens is 1. The quantitative estimate of drug-likeness (QED) is 0.500. The lowest BCUT2D eigenvalue weighted by atomic mass is 9.75. The van der Waals surface area contributed by atoms with E-state index in [-0.39, 0.29) is 5.92 Å². The summed E-state index contributed by atoms with van der Waals surface area (Å²) in [6.07, 6.45) is 5.97. The number of carbonyl (C=O) groups excluding carboxylic acids is 3. The molecule has 2 aromatic carbocycles. The van der Waals surface area contributed by atoms with Crippen LogP contribution >= 0.6 is 11.3 Å². The van der Waals surface area contributed by atoms with Crippen LogP contribution in [0, 0.1) is 5.92 Å². The number of rotatable bonds is 6. The van der Waals surface area contributed by atoms with Gasteiger partial charge in [-0.05, 0) is 61.4 Å². The number of hydrogen-bond acceptors (Lipinski definition) is 7. The maximum absolute atomic E-state index is 12.9. The molecule has 2 N–H and O–H groups in total. The summed E-state index contributed by atoms with van der Waals surface area (Å²) in [5, 5.41) is 7.30. The highest BCUT2D eigenvalue weighted by Crippen LogP contribution is 2.38. The first-order valence-corrected chi connectivity index (χ1v) is 12.1. The van der Waals surface area contributed by atoms with Crippen molar-refractivity contribution in [2.75, 3.05) is 0 Å². The van der Waals surface area contributed by atoms with Crippen molar-refractivity contribution >= 4 is 29.2 Å². The fourth-order valence-electron chi connectivity index (χ4n) is 4.51. The lowest BCUT2D eigenvalue weighted by Gasteiger charge is -2.41. The molecule has 174 valence electrons. The normalized spacial score (nSPS) is 18.2. The molecule has 0 bridgehead atoms. The zero-order valence-corrected chi connectivity index (χ0v) is 19.1. The Morgan fingerprint density at radius 1 is 0.824 bits per heavy atom. The Kier molecular flexibility index (Phi) is 6.02. The first-order chi connectivity index (χ1) is 16.5. The van der Waals surface area contributed by atoms with Crippen LogP contribution in [-0.4, -0.2) is 28.4 Å². The molecule has 1 aliphatic carbocycles. The van der Waals surface area contributed by atoms with Crippen LogP contribution in [-0.2, 0) is 9.59 Å². The minimum Gasteiger partial charge on any atom is -0.467 e. The van der Waals surface area contributed by atoms with Gasteiger partial charge in [-0.15, -0.1) is 11.3 Å². The second kappa shape index (κ2) is 9.26. The SMILES string of the molecule is O=C1NC(=O)C(Oc2ccc(Oc3ccc(-c4nccs4)cc3)cc2)(C2CCCCC2)C(=O)N1. The summed E-state index contributed by atoms with van der Waals surface area (Å²) in [6.45, 7) is 0. The topological polar surface area (TPSA) is 107 Å². The molecule has 0 unspecified atom stereocenters. The predicted octanol–water partition coefficient (Wildman–Crippen LogP) is 4.67. The molecule has 1 saturated carbocycles. The summed E-state index contributed by atoms with van der Waals surface area (Å²) in [5.74, 6) is -0.160. The van der Waals surface area contributed by atoms with E-state index in [0.29, 0.717) is 30.1 Å². The summed E-state index contributed by atoms with van der Waals surface area (Å²) < 4.78 is 12.0. The molecule has 5 rings (SSSR count). The molecule has 1 aliphatic heterocycles. The van der Waals surface area contributed by atoms with Crippen LogP contribution in [0.1, 0.15) is 32.1 Å². The largest absolute Gasteiger partial charge is 0.467 e. The minimum absolute atomic E-state index is 0.318. The van der Waals surface area contributed by atoms with Gasteiger partial charge in [-0.1, -0.05) is 19.3 Å². The zero-order valence-electron chi connectivity index (χ0n) is 18.3. The molecule has 1 saturated heterocycles. The summed E-state index contributed by atoms with van der Waals surface area (Å²) in [7, 11) is 0. The number of urea groups is 1. The summed E-state index contributed by atoms with van der Waals surface area (Å²) in [6, 6.07) is 13.5. The van der Waals surface area contributed by atoms with E-state index in [2.05, 4.69) is 15.6 Å². The van der Waals surface area contributed by atoms with Gasteiger partial charge in [0.2, 0.25) is 0 Å². The van der Waals surface area contributed by atoms with Gasteiger partial charge in [0, 0.05) is 23.1 Å². The van der Waals surface area contributed by atoms with Gasteiger partial charge in [0.05, 0.1) is 0 Å². The van der Waals surface area contributed by atoms with Crippen LogP contribution in [0.4, 0.5) is 4.79 Å². The Morgan fingerprint density at radius 3 is 2.00 bits per heavy atom. The van der Waals surface area contributed by atoms with E-state index in [1.54, 1.807) is 41.8 Å². The molecule has 9 heteroatoms. The Bertz CT molecular complexity index is 1170. The highest BCUT2D eigenvalue weighted by molar-refractivity contribution is 7.13. The summed E-state index contributed by atoms with van der Waals surface area (Å²) >= 11 is 1.57. The van der Waals surface area contributed by atoms with E-state index >= 15 is 0 Å². The third-order valence-corrected chi connectivity index (χ3v) is 7.00. The van der Waals surface area contributed by atoms with E-state index in [0.717, 1.165) is 29.8 Å².